The van der Waals surface area contributed by atoms with Gasteiger partial charge >= 0.3 is 0 Å². The van der Waals surface area contributed by atoms with Crippen LogP contribution in [-0.4, -0.2) is 60.2 Å². The lowest BCUT2D eigenvalue weighted by Crippen LogP contribution is -2.40. The zero-order chi connectivity index (χ0) is 18.6. The second kappa shape index (κ2) is 11.9. The summed E-state index contributed by atoms with van der Waals surface area (Å²) >= 11 is 0. The van der Waals surface area contributed by atoms with Crippen molar-refractivity contribution in [1.82, 2.24) is 25.4 Å². The highest BCUT2D eigenvalue weighted by Crippen LogP contribution is 2.19. The molecule has 0 bridgehead atoms. The highest BCUT2D eigenvalue weighted by molar-refractivity contribution is 5.79. The van der Waals surface area contributed by atoms with Crippen molar-refractivity contribution in [2.75, 3.05) is 33.4 Å². The average molecular weight is 367 g/mol. The second-order valence-electron chi connectivity index (χ2n) is 6.72. The number of aromatic nitrogens is 3. The van der Waals surface area contributed by atoms with Gasteiger partial charge in [0, 0.05) is 27.2 Å². The van der Waals surface area contributed by atoms with Gasteiger partial charge in [-0.1, -0.05) is 25.7 Å². The van der Waals surface area contributed by atoms with Gasteiger partial charge in [0.05, 0.1) is 19.3 Å². The smallest absolute Gasteiger partial charge is 0.191 e. The number of hydrogen-bond acceptors (Lipinski definition) is 5. The number of methoxy groups -OCH3 is 1. The normalized spacial score (nSPS) is 16.5. The Hall–Kier alpha value is -1.67. The molecule has 1 aliphatic rings. The van der Waals surface area contributed by atoms with Crippen molar-refractivity contribution in [2.45, 2.75) is 58.1 Å². The molecule has 0 aromatic carbocycles. The first-order chi connectivity index (χ1) is 12.7. The summed E-state index contributed by atoms with van der Waals surface area (Å²) in [5, 5.41) is 14.8. The predicted octanol–water partition coefficient (Wildman–Crippen LogP) is 1.54. The van der Waals surface area contributed by atoms with Crippen molar-refractivity contribution in [3.63, 3.8) is 0 Å². The summed E-state index contributed by atoms with van der Waals surface area (Å²) in [6, 6.07) is 0. The van der Waals surface area contributed by atoms with E-state index in [-0.39, 0.29) is 0 Å². The summed E-state index contributed by atoms with van der Waals surface area (Å²) in [5.74, 6) is 2.46. The highest BCUT2D eigenvalue weighted by Gasteiger charge is 2.12. The Labute approximate surface area is 156 Å². The summed E-state index contributed by atoms with van der Waals surface area (Å²) in [5.41, 5.74) is 0. The van der Waals surface area contributed by atoms with Crippen LogP contribution in [0.4, 0.5) is 0 Å². The molecule has 0 atom stereocenters. The molecular weight excluding hydrogens is 332 g/mol. The molecule has 0 aliphatic heterocycles. The van der Waals surface area contributed by atoms with Gasteiger partial charge in [-0.25, -0.2) is 4.99 Å². The summed E-state index contributed by atoms with van der Waals surface area (Å²) < 4.78 is 13.1. The zero-order valence-electron chi connectivity index (χ0n) is 16.5. The first-order valence-corrected chi connectivity index (χ1v) is 9.68. The fourth-order valence-corrected chi connectivity index (χ4v) is 2.99. The van der Waals surface area contributed by atoms with E-state index in [1.165, 1.54) is 38.5 Å². The molecule has 1 heterocycles. The molecule has 0 saturated heterocycles. The van der Waals surface area contributed by atoms with E-state index in [0.717, 1.165) is 24.2 Å². The van der Waals surface area contributed by atoms with E-state index >= 15 is 0 Å². The fraction of sp³-hybridized carbons (Fsp3) is 0.833. The molecule has 0 radical (unpaired) electrons. The number of hydrogen-bond donors (Lipinski definition) is 2. The van der Waals surface area contributed by atoms with E-state index in [1.807, 2.05) is 18.5 Å². The van der Waals surface area contributed by atoms with E-state index in [2.05, 4.69) is 25.8 Å². The van der Waals surface area contributed by atoms with Crippen LogP contribution in [0.3, 0.4) is 0 Å². The van der Waals surface area contributed by atoms with Crippen LogP contribution in [0, 0.1) is 6.92 Å². The van der Waals surface area contributed by atoms with Crippen LogP contribution in [-0.2, 0) is 23.1 Å². The van der Waals surface area contributed by atoms with Gasteiger partial charge < -0.3 is 24.7 Å². The van der Waals surface area contributed by atoms with Crippen molar-refractivity contribution in [3.05, 3.63) is 11.6 Å². The van der Waals surface area contributed by atoms with Crippen LogP contribution in [0.2, 0.25) is 0 Å². The molecule has 0 amide bonds. The van der Waals surface area contributed by atoms with Crippen molar-refractivity contribution in [3.8, 4) is 0 Å². The topological polar surface area (TPSA) is 85.6 Å². The standard InChI is InChI=1S/C18H34N6O2/c1-15-22-23-17(24(15)2)14-21-18(19-10-12-25-3)20-11-13-26-16-8-6-4-5-7-9-16/h16H,4-14H2,1-3H3,(H2,19,20,21). The van der Waals surface area contributed by atoms with Crippen molar-refractivity contribution >= 4 is 5.96 Å². The zero-order valence-corrected chi connectivity index (χ0v) is 16.5. The minimum absolute atomic E-state index is 0.419. The molecule has 1 aliphatic carbocycles. The van der Waals surface area contributed by atoms with Gasteiger partial charge in [0.1, 0.15) is 12.4 Å². The Balaban J connectivity index is 1.77. The summed E-state index contributed by atoms with van der Waals surface area (Å²) in [6.07, 6.45) is 8.08. The molecule has 1 aromatic rings. The quantitative estimate of drug-likeness (QED) is 0.298. The van der Waals surface area contributed by atoms with Crippen LogP contribution in [0.25, 0.3) is 0 Å². The van der Waals surface area contributed by atoms with E-state index in [1.54, 1.807) is 7.11 Å². The molecule has 8 heteroatoms. The van der Waals surface area contributed by atoms with Gasteiger partial charge in [0.15, 0.2) is 11.8 Å². The van der Waals surface area contributed by atoms with Crippen molar-refractivity contribution in [2.24, 2.45) is 12.0 Å². The summed E-state index contributed by atoms with van der Waals surface area (Å²) in [7, 11) is 3.64. The van der Waals surface area contributed by atoms with E-state index < -0.39 is 0 Å². The molecule has 2 rings (SSSR count). The van der Waals surface area contributed by atoms with Gasteiger partial charge in [-0.3, -0.25) is 0 Å². The van der Waals surface area contributed by atoms with Crippen LogP contribution < -0.4 is 10.6 Å². The number of nitrogens with zero attached hydrogens (tertiary/aromatic N) is 4. The number of rotatable bonds is 9. The number of guanidine groups is 1. The van der Waals surface area contributed by atoms with Gasteiger partial charge in [-0.05, 0) is 19.8 Å². The lowest BCUT2D eigenvalue weighted by atomic mass is 10.1. The maximum absolute atomic E-state index is 6.03. The molecule has 26 heavy (non-hydrogen) atoms. The highest BCUT2D eigenvalue weighted by atomic mass is 16.5. The van der Waals surface area contributed by atoms with Crippen LogP contribution in [0.5, 0.6) is 0 Å². The average Bonchev–Trinajstić information content (AvgIpc) is 2.83. The number of aryl methyl sites for hydroxylation is 1. The SMILES string of the molecule is COCCNC(=NCc1nnc(C)n1C)NCCOC1CCCCCC1. The second-order valence-corrected chi connectivity index (χ2v) is 6.72. The maximum atomic E-state index is 6.03. The number of aliphatic imine (C=N–C) groups is 1. The molecule has 2 N–H and O–H groups in total. The summed E-state index contributed by atoms with van der Waals surface area (Å²) in [4.78, 5) is 4.60. The first-order valence-electron chi connectivity index (χ1n) is 9.68. The lowest BCUT2D eigenvalue weighted by molar-refractivity contribution is 0.0468. The molecule has 1 fully saturated rings. The molecule has 1 aromatic heterocycles. The van der Waals surface area contributed by atoms with E-state index in [0.29, 0.717) is 32.4 Å². The lowest BCUT2D eigenvalue weighted by Gasteiger charge is -2.17. The third-order valence-electron chi connectivity index (χ3n) is 4.71. The molecule has 0 unspecified atom stereocenters. The molecular formula is C18H34N6O2. The number of nitrogens with one attached hydrogen (secondary N) is 2. The van der Waals surface area contributed by atoms with Crippen LogP contribution in [0.15, 0.2) is 4.99 Å². The van der Waals surface area contributed by atoms with Gasteiger partial charge in [0.2, 0.25) is 0 Å². The summed E-state index contributed by atoms with van der Waals surface area (Å²) in [6.45, 7) is 5.15. The Morgan fingerprint density at radius 3 is 2.42 bits per heavy atom. The Kier molecular flexibility index (Phi) is 9.41. The van der Waals surface area contributed by atoms with Gasteiger partial charge in [0.25, 0.3) is 0 Å². The van der Waals surface area contributed by atoms with Crippen LogP contribution >= 0.6 is 0 Å². The molecule has 0 spiro atoms. The Bertz CT molecular complexity index is 538. The molecule has 1 saturated carbocycles. The largest absolute Gasteiger partial charge is 0.383 e. The van der Waals surface area contributed by atoms with E-state index in [9.17, 15) is 0 Å². The molecule has 148 valence electrons. The van der Waals surface area contributed by atoms with E-state index in [4.69, 9.17) is 9.47 Å². The maximum Gasteiger partial charge on any atom is 0.191 e. The van der Waals surface area contributed by atoms with Gasteiger partial charge in [-0.15, -0.1) is 10.2 Å². The monoisotopic (exact) mass is 366 g/mol. The van der Waals surface area contributed by atoms with Crippen molar-refractivity contribution < 1.29 is 9.47 Å². The third kappa shape index (κ3) is 7.29. The Morgan fingerprint density at radius 2 is 1.81 bits per heavy atom. The fourth-order valence-electron chi connectivity index (χ4n) is 2.99. The number of ether oxygens (including phenoxy) is 2. The van der Waals surface area contributed by atoms with Crippen molar-refractivity contribution in [1.29, 1.82) is 0 Å². The minimum atomic E-state index is 0.419. The first kappa shape index (κ1) is 20.6. The third-order valence-corrected chi connectivity index (χ3v) is 4.71. The Morgan fingerprint density at radius 1 is 1.12 bits per heavy atom. The predicted molar refractivity (Wildman–Crippen MR) is 102 cm³/mol. The van der Waals surface area contributed by atoms with Crippen LogP contribution in [0.1, 0.15) is 50.2 Å². The van der Waals surface area contributed by atoms with Gasteiger partial charge in [-0.2, -0.15) is 0 Å². The minimum Gasteiger partial charge on any atom is -0.383 e. The molecule has 8 nitrogen and oxygen atoms in total.